The monoisotopic (exact) mass is 389 g/mol. The van der Waals surface area contributed by atoms with Gasteiger partial charge in [0.25, 0.3) is 6.43 Å². The third-order valence-corrected chi connectivity index (χ3v) is 5.03. The average Bonchev–Trinajstić information content (AvgIpc) is 3.20. The third kappa shape index (κ3) is 3.77. The lowest BCUT2D eigenvalue weighted by atomic mass is 10.3. The van der Waals surface area contributed by atoms with E-state index in [1.807, 2.05) is 0 Å². The number of nitrogens with one attached hydrogen (secondary N) is 1. The van der Waals surface area contributed by atoms with Crippen molar-refractivity contribution in [3.8, 4) is 10.6 Å². The van der Waals surface area contributed by atoms with Gasteiger partial charge in [0.05, 0.1) is 27.5 Å². The molecular weight excluding hydrogens is 380 g/mol. The minimum atomic E-state index is -2.61. The second-order valence-electron chi connectivity index (χ2n) is 4.71. The first kappa shape index (κ1) is 16.9. The van der Waals surface area contributed by atoms with Crippen LogP contribution in [0.5, 0.6) is 0 Å². The van der Waals surface area contributed by atoms with Gasteiger partial charge in [-0.1, -0.05) is 11.6 Å². The maximum atomic E-state index is 12.7. The number of halogens is 3. The average molecular weight is 390 g/mol. The van der Waals surface area contributed by atoms with Crippen LogP contribution in [-0.4, -0.2) is 25.7 Å². The van der Waals surface area contributed by atoms with E-state index in [9.17, 15) is 13.6 Å². The minimum absolute atomic E-state index is 0.00322. The smallest absolute Gasteiger partial charge is 0.289 e. The molecule has 0 aromatic carbocycles. The summed E-state index contributed by atoms with van der Waals surface area (Å²) < 4.78 is 26.8. The van der Waals surface area contributed by atoms with Gasteiger partial charge in [-0.25, -0.2) is 18.7 Å². The van der Waals surface area contributed by atoms with Gasteiger partial charge in [-0.3, -0.25) is 9.48 Å². The molecule has 3 aromatic heterocycles. The molecule has 3 aromatic rings. The number of rotatable bonds is 5. The fraction of sp³-hybridized carbons (Fsp3) is 0.231. The molecule has 0 unspecified atom stereocenters. The molecule has 3 rings (SSSR count). The lowest BCUT2D eigenvalue weighted by Crippen LogP contribution is -2.18. The number of hydrogen-bond acceptors (Lipinski definition) is 6. The molecule has 0 atom stereocenters. The first-order chi connectivity index (χ1) is 11.4. The summed E-state index contributed by atoms with van der Waals surface area (Å²) >= 11 is 7.84. The van der Waals surface area contributed by atoms with Gasteiger partial charge >= 0.3 is 0 Å². The fourth-order valence-corrected chi connectivity index (χ4v) is 3.75. The van der Waals surface area contributed by atoms with Crippen LogP contribution in [0, 0.1) is 6.92 Å². The van der Waals surface area contributed by atoms with Gasteiger partial charge < -0.3 is 5.32 Å². The summed E-state index contributed by atoms with van der Waals surface area (Å²) in [7, 11) is 0. The number of anilines is 1. The molecule has 24 heavy (non-hydrogen) atoms. The van der Waals surface area contributed by atoms with Gasteiger partial charge in [-0.2, -0.15) is 5.10 Å². The first-order valence-corrected chi connectivity index (χ1v) is 8.69. The molecule has 1 N–H and O–H groups in total. The molecule has 0 aliphatic rings. The Labute approximate surface area is 148 Å². The second-order valence-corrected chi connectivity index (χ2v) is 7.03. The molecule has 0 spiro atoms. The largest absolute Gasteiger partial charge is 0.300 e. The zero-order valence-corrected chi connectivity index (χ0v) is 14.6. The Morgan fingerprint density at radius 3 is 2.88 bits per heavy atom. The molecule has 3 heterocycles. The maximum Gasteiger partial charge on any atom is 0.289 e. The number of aromatic nitrogens is 4. The topological polar surface area (TPSA) is 72.7 Å². The fourth-order valence-electron chi connectivity index (χ4n) is 1.91. The minimum Gasteiger partial charge on any atom is -0.300 e. The predicted octanol–water partition coefficient (Wildman–Crippen LogP) is 4.00. The molecule has 0 aliphatic carbocycles. The normalized spacial score (nSPS) is 11.2. The molecule has 11 heteroatoms. The molecule has 0 saturated carbocycles. The Morgan fingerprint density at radius 2 is 2.25 bits per heavy atom. The van der Waals surface area contributed by atoms with Crippen molar-refractivity contribution in [2.75, 3.05) is 5.32 Å². The van der Waals surface area contributed by atoms with Crippen LogP contribution in [-0.2, 0) is 11.3 Å². The summed E-state index contributed by atoms with van der Waals surface area (Å²) in [6.45, 7) is 1.65. The molecule has 0 fully saturated rings. The Bertz CT molecular complexity index is 875. The van der Waals surface area contributed by atoms with Crippen molar-refractivity contribution in [1.82, 2.24) is 19.7 Å². The van der Waals surface area contributed by atoms with E-state index >= 15 is 0 Å². The number of carbonyl (C=O) groups is 1. The highest BCUT2D eigenvalue weighted by atomic mass is 35.5. The van der Waals surface area contributed by atoms with Crippen LogP contribution < -0.4 is 5.32 Å². The van der Waals surface area contributed by atoms with Crippen molar-refractivity contribution in [3.63, 3.8) is 0 Å². The number of aryl methyl sites for hydroxylation is 1. The summed E-state index contributed by atoms with van der Waals surface area (Å²) in [5.41, 5.74) is 1.00. The molecule has 6 nitrogen and oxygen atoms in total. The number of hydrogen-bond donors (Lipinski definition) is 1. The number of amides is 1. The van der Waals surface area contributed by atoms with Crippen molar-refractivity contribution < 1.29 is 13.6 Å². The first-order valence-electron chi connectivity index (χ1n) is 6.61. The van der Waals surface area contributed by atoms with Crippen molar-refractivity contribution in [2.45, 2.75) is 19.9 Å². The molecule has 126 valence electrons. The Hall–Kier alpha value is -1.91. The Balaban J connectivity index is 1.70. The van der Waals surface area contributed by atoms with Crippen molar-refractivity contribution in [1.29, 1.82) is 0 Å². The van der Waals surface area contributed by atoms with Gasteiger partial charge in [0.15, 0.2) is 10.1 Å². The summed E-state index contributed by atoms with van der Waals surface area (Å²) in [4.78, 5) is 20.6. The van der Waals surface area contributed by atoms with Gasteiger partial charge in [-0.05, 0) is 6.92 Å². The van der Waals surface area contributed by atoms with Crippen molar-refractivity contribution in [3.05, 3.63) is 33.5 Å². The summed E-state index contributed by atoms with van der Waals surface area (Å²) in [6, 6.07) is 0. The zero-order chi connectivity index (χ0) is 17.3. The van der Waals surface area contributed by atoms with Crippen molar-refractivity contribution in [2.24, 2.45) is 0 Å². The standard InChI is InChI=1S/C13H10ClF2N5OS2/c1-6-10(24-12(18-6)11(15)16)8-5-23-13(19-8)20-9(22)4-21-3-7(14)2-17-21/h2-3,5,11H,4H2,1H3,(H,19,20,22). The van der Waals surface area contributed by atoms with Crippen LogP contribution in [0.2, 0.25) is 5.02 Å². The summed E-state index contributed by atoms with van der Waals surface area (Å²) in [5, 5.41) is 8.82. The number of thiazole rings is 2. The molecule has 0 radical (unpaired) electrons. The van der Waals surface area contributed by atoms with Crippen molar-refractivity contribution >= 4 is 45.3 Å². The quantitative estimate of drug-likeness (QED) is 0.715. The van der Waals surface area contributed by atoms with Crippen LogP contribution in [0.25, 0.3) is 10.6 Å². The van der Waals surface area contributed by atoms with Gasteiger partial charge in [0.1, 0.15) is 6.54 Å². The van der Waals surface area contributed by atoms with E-state index in [4.69, 9.17) is 11.6 Å². The van der Waals surface area contributed by atoms with Crippen LogP contribution in [0.3, 0.4) is 0 Å². The number of alkyl halides is 2. The number of carbonyl (C=O) groups excluding carboxylic acids is 1. The van der Waals surface area contributed by atoms with Crippen LogP contribution in [0.1, 0.15) is 17.1 Å². The van der Waals surface area contributed by atoms with E-state index in [-0.39, 0.29) is 17.5 Å². The maximum absolute atomic E-state index is 12.7. The molecule has 0 aliphatic heterocycles. The molecule has 0 saturated heterocycles. The van der Waals surface area contributed by atoms with Crippen LogP contribution in [0.4, 0.5) is 13.9 Å². The zero-order valence-electron chi connectivity index (χ0n) is 12.2. The van der Waals surface area contributed by atoms with Gasteiger partial charge in [-0.15, -0.1) is 22.7 Å². The Kier molecular flexibility index (Phi) is 4.88. The molecule has 0 bridgehead atoms. The van der Waals surface area contributed by atoms with E-state index in [1.165, 1.54) is 28.4 Å². The Morgan fingerprint density at radius 1 is 1.46 bits per heavy atom. The van der Waals surface area contributed by atoms with Gasteiger partial charge in [0.2, 0.25) is 5.91 Å². The van der Waals surface area contributed by atoms with E-state index in [0.717, 1.165) is 11.3 Å². The highest BCUT2D eigenvalue weighted by Gasteiger charge is 2.18. The van der Waals surface area contributed by atoms with E-state index in [2.05, 4.69) is 20.4 Å². The molecular formula is C13H10ClF2N5OS2. The van der Waals surface area contributed by atoms with Crippen LogP contribution >= 0.6 is 34.3 Å². The third-order valence-electron chi connectivity index (χ3n) is 2.89. The number of nitrogens with zero attached hydrogens (tertiary/aromatic N) is 4. The highest BCUT2D eigenvalue weighted by Crippen LogP contribution is 2.35. The van der Waals surface area contributed by atoms with Gasteiger partial charge in [0, 0.05) is 11.6 Å². The summed E-state index contributed by atoms with van der Waals surface area (Å²) in [6.07, 6.45) is 0.353. The van der Waals surface area contributed by atoms with E-state index < -0.39 is 6.43 Å². The van der Waals surface area contributed by atoms with E-state index in [1.54, 1.807) is 12.3 Å². The van der Waals surface area contributed by atoms with E-state index in [0.29, 0.717) is 26.4 Å². The predicted molar refractivity (Wildman–Crippen MR) is 88.8 cm³/mol. The lowest BCUT2D eigenvalue weighted by Gasteiger charge is -2.01. The highest BCUT2D eigenvalue weighted by molar-refractivity contribution is 7.17. The lowest BCUT2D eigenvalue weighted by molar-refractivity contribution is -0.116. The SMILES string of the molecule is Cc1nc(C(F)F)sc1-c1csc(NC(=O)Cn2cc(Cl)cn2)n1. The molecule has 1 amide bonds. The summed E-state index contributed by atoms with van der Waals surface area (Å²) in [5.74, 6) is -0.315. The van der Waals surface area contributed by atoms with Crippen LogP contribution in [0.15, 0.2) is 17.8 Å². The second kappa shape index (κ2) is 6.91.